The molecule has 0 bridgehead atoms. The molecule has 2 unspecified atom stereocenters. The highest BCUT2D eigenvalue weighted by Crippen LogP contribution is 2.38. The first-order chi connectivity index (χ1) is 9.88. The maximum Gasteiger partial charge on any atom is 0.416 e. The fourth-order valence-corrected chi connectivity index (χ4v) is 3.81. The lowest BCUT2D eigenvalue weighted by molar-refractivity contribution is -0.137. The number of hydrogen-bond acceptors (Lipinski definition) is 2. The fraction of sp³-hybridized carbons (Fsp3) is 0.600. The van der Waals surface area contributed by atoms with Crippen molar-refractivity contribution >= 4 is 21.6 Å². The number of anilines is 1. The molecule has 2 atom stereocenters. The van der Waals surface area contributed by atoms with Crippen molar-refractivity contribution in [3.63, 3.8) is 0 Å². The molecular formula is C15H20BrF3N2. The third-order valence-corrected chi connectivity index (χ3v) is 4.88. The Hall–Kier alpha value is -0.750. The maximum atomic E-state index is 12.7. The predicted octanol–water partition coefficient (Wildman–Crippen LogP) is 4.42. The Balaban J connectivity index is 2.30. The molecule has 2 rings (SSSR count). The molecule has 0 saturated heterocycles. The number of nitrogens with two attached hydrogens (primary N) is 1. The second-order valence-electron chi connectivity index (χ2n) is 5.44. The van der Waals surface area contributed by atoms with Gasteiger partial charge in [-0.2, -0.15) is 13.2 Å². The van der Waals surface area contributed by atoms with Gasteiger partial charge in [-0.25, -0.2) is 0 Å². The van der Waals surface area contributed by atoms with Crippen LogP contribution in [-0.2, 0) is 6.18 Å². The van der Waals surface area contributed by atoms with Crippen molar-refractivity contribution < 1.29 is 13.2 Å². The van der Waals surface area contributed by atoms with Crippen LogP contribution in [0.2, 0.25) is 0 Å². The maximum absolute atomic E-state index is 12.7. The Morgan fingerprint density at radius 1 is 1.33 bits per heavy atom. The molecule has 1 fully saturated rings. The van der Waals surface area contributed by atoms with Crippen LogP contribution in [0.5, 0.6) is 0 Å². The van der Waals surface area contributed by atoms with E-state index in [4.69, 9.17) is 5.73 Å². The molecule has 0 spiro atoms. The van der Waals surface area contributed by atoms with Crippen molar-refractivity contribution in [3.8, 4) is 0 Å². The molecular weight excluding hydrogens is 345 g/mol. The highest BCUT2D eigenvalue weighted by molar-refractivity contribution is 9.10. The van der Waals surface area contributed by atoms with E-state index in [1.54, 1.807) is 6.07 Å². The van der Waals surface area contributed by atoms with Gasteiger partial charge in [0.15, 0.2) is 0 Å². The van der Waals surface area contributed by atoms with Crippen molar-refractivity contribution in [3.05, 3.63) is 28.2 Å². The summed E-state index contributed by atoms with van der Waals surface area (Å²) >= 11 is 3.30. The van der Waals surface area contributed by atoms with Gasteiger partial charge in [-0.3, -0.25) is 0 Å². The minimum absolute atomic E-state index is 0.313. The molecule has 1 aliphatic rings. The van der Waals surface area contributed by atoms with E-state index >= 15 is 0 Å². The summed E-state index contributed by atoms with van der Waals surface area (Å²) in [5.74, 6) is 0.416. The van der Waals surface area contributed by atoms with Crippen molar-refractivity contribution in [2.75, 3.05) is 18.0 Å². The Morgan fingerprint density at radius 3 is 2.57 bits per heavy atom. The minimum atomic E-state index is -4.31. The Morgan fingerprint density at radius 2 is 2.05 bits per heavy atom. The molecule has 2 N–H and O–H groups in total. The molecule has 0 radical (unpaired) electrons. The number of rotatable bonds is 4. The van der Waals surface area contributed by atoms with E-state index in [1.165, 1.54) is 0 Å². The van der Waals surface area contributed by atoms with Crippen LogP contribution in [0.25, 0.3) is 0 Å². The summed E-state index contributed by atoms with van der Waals surface area (Å²) in [5.41, 5.74) is 6.01. The van der Waals surface area contributed by atoms with Gasteiger partial charge in [0.1, 0.15) is 0 Å². The average molecular weight is 365 g/mol. The van der Waals surface area contributed by atoms with Gasteiger partial charge in [-0.1, -0.05) is 6.42 Å². The number of benzene rings is 1. The number of alkyl halides is 3. The molecule has 0 aliphatic heterocycles. The molecule has 2 nitrogen and oxygen atoms in total. The molecule has 1 aromatic carbocycles. The first-order valence-corrected chi connectivity index (χ1v) is 8.01. The molecule has 1 aromatic rings. The molecule has 0 aromatic heterocycles. The molecule has 21 heavy (non-hydrogen) atoms. The van der Waals surface area contributed by atoms with Gasteiger partial charge in [-0.05, 0) is 66.4 Å². The summed E-state index contributed by atoms with van der Waals surface area (Å²) in [5, 5.41) is 0. The smallest absolute Gasteiger partial charge is 0.368 e. The first-order valence-electron chi connectivity index (χ1n) is 7.22. The van der Waals surface area contributed by atoms with E-state index in [-0.39, 0.29) is 0 Å². The average Bonchev–Trinajstić information content (AvgIpc) is 2.88. The first kappa shape index (κ1) is 16.6. The summed E-state index contributed by atoms with van der Waals surface area (Å²) in [6.07, 6.45) is -1.05. The standard InChI is InChI=1S/C15H20BrF3N2/c1-2-21(13-5-3-4-10(13)9-20)14-7-6-11(8-12(14)16)15(17,18)19/h6-8,10,13H,2-5,9,20H2,1H3. The predicted molar refractivity (Wildman–Crippen MR) is 82.3 cm³/mol. The van der Waals surface area contributed by atoms with Crippen LogP contribution in [0.1, 0.15) is 31.7 Å². The highest BCUT2D eigenvalue weighted by atomic mass is 79.9. The van der Waals surface area contributed by atoms with Gasteiger partial charge >= 0.3 is 6.18 Å². The molecule has 0 heterocycles. The second-order valence-corrected chi connectivity index (χ2v) is 6.30. The van der Waals surface area contributed by atoms with E-state index < -0.39 is 11.7 Å². The molecule has 1 saturated carbocycles. The van der Waals surface area contributed by atoms with Crippen LogP contribution < -0.4 is 10.6 Å². The summed E-state index contributed by atoms with van der Waals surface area (Å²) in [7, 11) is 0. The fourth-order valence-electron chi connectivity index (χ4n) is 3.20. The van der Waals surface area contributed by atoms with Crippen LogP contribution in [0.15, 0.2) is 22.7 Å². The molecule has 118 valence electrons. The second kappa shape index (κ2) is 6.57. The zero-order valence-electron chi connectivity index (χ0n) is 12.0. The number of halogens is 4. The molecule has 6 heteroatoms. The third-order valence-electron chi connectivity index (χ3n) is 4.25. The third kappa shape index (κ3) is 3.54. The van der Waals surface area contributed by atoms with Gasteiger partial charge in [0.2, 0.25) is 0 Å². The number of hydrogen-bond donors (Lipinski definition) is 1. The van der Waals surface area contributed by atoms with Crippen LogP contribution in [0.4, 0.5) is 18.9 Å². The van der Waals surface area contributed by atoms with E-state index in [1.807, 2.05) is 6.92 Å². The Labute approximate surface area is 131 Å². The van der Waals surface area contributed by atoms with E-state index in [0.29, 0.717) is 23.0 Å². The zero-order valence-corrected chi connectivity index (χ0v) is 13.5. The quantitative estimate of drug-likeness (QED) is 0.856. The van der Waals surface area contributed by atoms with Gasteiger partial charge in [-0.15, -0.1) is 0 Å². The Bertz CT molecular complexity index is 490. The van der Waals surface area contributed by atoms with Crippen molar-refractivity contribution in [1.29, 1.82) is 0 Å². The van der Waals surface area contributed by atoms with E-state index in [2.05, 4.69) is 20.8 Å². The van der Waals surface area contributed by atoms with Crippen molar-refractivity contribution in [2.24, 2.45) is 11.7 Å². The lowest BCUT2D eigenvalue weighted by atomic mass is 10.0. The van der Waals surface area contributed by atoms with E-state index in [9.17, 15) is 13.2 Å². The summed E-state index contributed by atoms with van der Waals surface area (Å²) in [6, 6.07) is 4.18. The lowest BCUT2D eigenvalue weighted by Gasteiger charge is -2.34. The summed E-state index contributed by atoms with van der Waals surface area (Å²) in [4.78, 5) is 2.18. The highest BCUT2D eigenvalue weighted by Gasteiger charge is 2.34. The largest absolute Gasteiger partial charge is 0.416 e. The van der Waals surface area contributed by atoms with Gasteiger partial charge in [0, 0.05) is 17.1 Å². The topological polar surface area (TPSA) is 29.3 Å². The summed E-state index contributed by atoms with van der Waals surface area (Å²) in [6.45, 7) is 3.40. The minimum Gasteiger partial charge on any atom is -0.368 e. The van der Waals surface area contributed by atoms with Crippen LogP contribution in [0.3, 0.4) is 0 Å². The number of nitrogens with zero attached hydrogens (tertiary/aromatic N) is 1. The van der Waals surface area contributed by atoms with Crippen LogP contribution in [0, 0.1) is 5.92 Å². The van der Waals surface area contributed by atoms with Crippen molar-refractivity contribution in [1.82, 2.24) is 0 Å². The van der Waals surface area contributed by atoms with Crippen LogP contribution >= 0.6 is 15.9 Å². The van der Waals surface area contributed by atoms with Crippen molar-refractivity contribution in [2.45, 2.75) is 38.4 Å². The molecule has 0 amide bonds. The van der Waals surface area contributed by atoms with Gasteiger partial charge in [0.05, 0.1) is 11.3 Å². The lowest BCUT2D eigenvalue weighted by Crippen LogP contribution is -2.40. The van der Waals surface area contributed by atoms with Crippen LogP contribution in [-0.4, -0.2) is 19.1 Å². The molecule has 1 aliphatic carbocycles. The van der Waals surface area contributed by atoms with Gasteiger partial charge < -0.3 is 10.6 Å². The summed E-state index contributed by atoms with van der Waals surface area (Å²) < 4.78 is 38.7. The van der Waals surface area contributed by atoms with E-state index in [0.717, 1.165) is 43.6 Å². The van der Waals surface area contributed by atoms with Gasteiger partial charge in [0.25, 0.3) is 0 Å². The monoisotopic (exact) mass is 364 g/mol. The SMILES string of the molecule is CCN(c1ccc(C(F)(F)F)cc1Br)C1CCCC1CN. The Kier molecular flexibility index (Phi) is 5.20. The zero-order chi connectivity index (χ0) is 15.6. The normalized spacial score (nSPS) is 22.6.